The zero-order valence-corrected chi connectivity index (χ0v) is 11.9. The number of furan rings is 1. The average Bonchev–Trinajstić information content (AvgIpc) is 3.06. The molecule has 3 rings (SSSR count). The van der Waals surface area contributed by atoms with Gasteiger partial charge in [0.15, 0.2) is 0 Å². The van der Waals surface area contributed by atoms with Crippen LogP contribution in [0.15, 0.2) is 45.5 Å². The Morgan fingerprint density at radius 2 is 1.95 bits per heavy atom. The standard InChI is InChI=1S/C16H16N2O3/c1-3-19-13-6-4-11(5-7-13)14-15(18-21-16(14)17)12-8-10(2)20-9-12/h4-9H,3,17H2,1-2H3. The van der Waals surface area contributed by atoms with E-state index < -0.39 is 0 Å². The molecule has 21 heavy (non-hydrogen) atoms. The minimum absolute atomic E-state index is 0.285. The molecule has 1 aromatic carbocycles. The molecule has 2 aromatic heterocycles. The van der Waals surface area contributed by atoms with Gasteiger partial charge < -0.3 is 19.4 Å². The number of nitrogen functional groups attached to an aromatic ring is 1. The second-order valence-electron chi connectivity index (χ2n) is 4.67. The highest BCUT2D eigenvalue weighted by molar-refractivity contribution is 5.86. The monoisotopic (exact) mass is 284 g/mol. The maximum Gasteiger partial charge on any atom is 0.230 e. The summed E-state index contributed by atoms with van der Waals surface area (Å²) in [6.07, 6.45) is 1.64. The zero-order chi connectivity index (χ0) is 14.8. The van der Waals surface area contributed by atoms with E-state index in [1.807, 2.05) is 44.2 Å². The van der Waals surface area contributed by atoms with Crippen LogP contribution in [0.3, 0.4) is 0 Å². The molecular weight excluding hydrogens is 268 g/mol. The summed E-state index contributed by atoms with van der Waals surface area (Å²) in [5.41, 5.74) is 9.13. The normalized spacial score (nSPS) is 10.8. The quantitative estimate of drug-likeness (QED) is 0.786. The fraction of sp³-hybridized carbons (Fsp3) is 0.188. The lowest BCUT2D eigenvalue weighted by Gasteiger charge is -2.05. The minimum atomic E-state index is 0.285. The molecule has 0 fully saturated rings. The smallest absolute Gasteiger partial charge is 0.230 e. The van der Waals surface area contributed by atoms with Crippen molar-refractivity contribution in [1.82, 2.24) is 5.16 Å². The van der Waals surface area contributed by atoms with Crippen molar-refractivity contribution in [3.63, 3.8) is 0 Å². The second-order valence-corrected chi connectivity index (χ2v) is 4.67. The van der Waals surface area contributed by atoms with Crippen LogP contribution in [0, 0.1) is 6.92 Å². The van der Waals surface area contributed by atoms with Crippen LogP contribution in [-0.4, -0.2) is 11.8 Å². The Bertz CT molecular complexity index is 741. The maximum atomic E-state index is 5.92. The first-order chi connectivity index (χ1) is 10.2. The van der Waals surface area contributed by atoms with Crippen molar-refractivity contribution in [2.24, 2.45) is 0 Å². The Hall–Kier alpha value is -2.69. The van der Waals surface area contributed by atoms with Crippen LogP contribution in [0.5, 0.6) is 5.75 Å². The molecule has 0 aliphatic carbocycles. The van der Waals surface area contributed by atoms with Gasteiger partial charge in [0.25, 0.3) is 0 Å². The van der Waals surface area contributed by atoms with Crippen molar-refractivity contribution in [3.8, 4) is 28.1 Å². The summed E-state index contributed by atoms with van der Waals surface area (Å²) in [5.74, 6) is 1.91. The topological polar surface area (TPSA) is 74.4 Å². The summed E-state index contributed by atoms with van der Waals surface area (Å²) in [7, 11) is 0. The van der Waals surface area contributed by atoms with E-state index in [2.05, 4.69) is 5.16 Å². The van der Waals surface area contributed by atoms with Crippen LogP contribution in [0.25, 0.3) is 22.4 Å². The largest absolute Gasteiger partial charge is 0.494 e. The number of ether oxygens (including phenoxy) is 1. The molecular formula is C16H16N2O3. The lowest BCUT2D eigenvalue weighted by Crippen LogP contribution is -1.91. The van der Waals surface area contributed by atoms with E-state index in [9.17, 15) is 0 Å². The molecule has 2 heterocycles. The molecule has 2 N–H and O–H groups in total. The van der Waals surface area contributed by atoms with Gasteiger partial charge in [-0.25, -0.2) is 0 Å². The number of nitrogens with two attached hydrogens (primary N) is 1. The van der Waals surface area contributed by atoms with E-state index in [0.717, 1.165) is 28.2 Å². The molecule has 0 saturated heterocycles. The predicted octanol–water partition coefficient (Wildman–Crippen LogP) is 3.89. The molecule has 108 valence electrons. The minimum Gasteiger partial charge on any atom is -0.494 e. The third-order valence-corrected chi connectivity index (χ3v) is 3.18. The molecule has 0 aliphatic rings. The van der Waals surface area contributed by atoms with Gasteiger partial charge in [0, 0.05) is 5.56 Å². The third kappa shape index (κ3) is 2.50. The summed E-state index contributed by atoms with van der Waals surface area (Å²) in [6.45, 7) is 4.46. The number of anilines is 1. The number of benzene rings is 1. The van der Waals surface area contributed by atoms with Crippen molar-refractivity contribution in [2.45, 2.75) is 13.8 Å². The van der Waals surface area contributed by atoms with E-state index in [0.29, 0.717) is 12.3 Å². The first-order valence-corrected chi connectivity index (χ1v) is 6.73. The first-order valence-electron chi connectivity index (χ1n) is 6.73. The van der Waals surface area contributed by atoms with E-state index in [-0.39, 0.29) is 5.88 Å². The van der Waals surface area contributed by atoms with Crippen molar-refractivity contribution in [1.29, 1.82) is 0 Å². The van der Waals surface area contributed by atoms with Gasteiger partial charge in [0.05, 0.1) is 12.2 Å². The van der Waals surface area contributed by atoms with Crippen molar-refractivity contribution < 1.29 is 13.7 Å². The number of aryl methyl sites for hydroxylation is 1. The second kappa shape index (κ2) is 5.36. The fourth-order valence-corrected chi connectivity index (χ4v) is 2.23. The number of aromatic nitrogens is 1. The van der Waals surface area contributed by atoms with Gasteiger partial charge >= 0.3 is 0 Å². The summed E-state index contributed by atoms with van der Waals surface area (Å²) in [6, 6.07) is 9.56. The molecule has 0 bridgehead atoms. The van der Waals surface area contributed by atoms with Gasteiger partial charge in [-0.3, -0.25) is 0 Å². The lowest BCUT2D eigenvalue weighted by molar-refractivity contribution is 0.340. The summed E-state index contributed by atoms with van der Waals surface area (Å²) in [4.78, 5) is 0. The van der Waals surface area contributed by atoms with Crippen molar-refractivity contribution in [2.75, 3.05) is 12.3 Å². The average molecular weight is 284 g/mol. The van der Waals surface area contributed by atoms with Crippen LogP contribution in [-0.2, 0) is 0 Å². The van der Waals surface area contributed by atoms with Gasteiger partial charge in [-0.2, -0.15) is 0 Å². The lowest BCUT2D eigenvalue weighted by atomic mass is 10.0. The fourth-order valence-electron chi connectivity index (χ4n) is 2.23. The molecule has 0 unspecified atom stereocenters. The Morgan fingerprint density at radius 3 is 2.57 bits per heavy atom. The van der Waals surface area contributed by atoms with Crippen LogP contribution in [0.2, 0.25) is 0 Å². The van der Waals surface area contributed by atoms with E-state index in [4.69, 9.17) is 19.4 Å². The molecule has 0 amide bonds. The Balaban J connectivity index is 2.04. The molecule has 5 heteroatoms. The Labute approximate surface area is 122 Å². The van der Waals surface area contributed by atoms with Crippen molar-refractivity contribution in [3.05, 3.63) is 42.4 Å². The highest BCUT2D eigenvalue weighted by atomic mass is 16.5. The van der Waals surface area contributed by atoms with Crippen LogP contribution in [0.1, 0.15) is 12.7 Å². The summed E-state index contributed by atoms with van der Waals surface area (Å²) >= 11 is 0. The molecule has 0 spiro atoms. The van der Waals surface area contributed by atoms with Gasteiger partial charge in [0.1, 0.15) is 23.5 Å². The van der Waals surface area contributed by atoms with Crippen LogP contribution in [0.4, 0.5) is 5.88 Å². The Kier molecular flexibility index (Phi) is 3.39. The van der Waals surface area contributed by atoms with Gasteiger partial charge in [0.2, 0.25) is 5.88 Å². The van der Waals surface area contributed by atoms with E-state index in [1.165, 1.54) is 0 Å². The number of rotatable bonds is 4. The highest BCUT2D eigenvalue weighted by Crippen LogP contribution is 2.37. The number of hydrogen-bond acceptors (Lipinski definition) is 5. The molecule has 3 aromatic rings. The molecule has 0 atom stereocenters. The van der Waals surface area contributed by atoms with Crippen LogP contribution < -0.4 is 10.5 Å². The maximum absolute atomic E-state index is 5.92. The van der Waals surface area contributed by atoms with E-state index in [1.54, 1.807) is 6.26 Å². The molecule has 5 nitrogen and oxygen atoms in total. The highest BCUT2D eigenvalue weighted by Gasteiger charge is 2.18. The third-order valence-electron chi connectivity index (χ3n) is 3.18. The van der Waals surface area contributed by atoms with Gasteiger partial charge in [-0.15, -0.1) is 0 Å². The summed E-state index contributed by atoms with van der Waals surface area (Å²) < 4.78 is 15.9. The Morgan fingerprint density at radius 1 is 1.19 bits per heavy atom. The SMILES string of the molecule is CCOc1ccc(-c2c(-c3coc(C)c3)noc2N)cc1. The van der Waals surface area contributed by atoms with Crippen molar-refractivity contribution >= 4 is 5.88 Å². The first kappa shape index (κ1) is 13.3. The number of nitrogens with zero attached hydrogens (tertiary/aromatic N) is 1. The molecule has 0 aliphatic heterocycles. The van der Waals surface area contributed by atoms with Gasteiger partial charge in [-0.05, 0) is 37.6 Å². The zero-order valence-electron chi connectivity index (χ0n) is 11.9. The van der Waals surface area contributed by atoms with Crippen LogP contribution >= 0.6 is 0 Å². The number of hydrogen-bond donors (Lipinski definition) is 1. The van der Waals surface area contributed by atoms with E-state index >= 15 is 0 Å². The van der Waals surface area contributed by atoms with Gasteiger partial charge in [-0.1, -0.05) is 17.3 Å². The molecule has 0 saturated carbocycles. The predicted molar refractivity (Wildman–Crippen MR) is 80.0 cm³/mol. The molecule has 0 radical (unpaired) electrons. The summed E-state index contributed by atoms with van der Waals surface area (Å²) in [5, 5.41) is 4.04.